The van der Waals surface area contributed by atoms with Gasteiger partial charge in [-0.3, -0.25) is 0 Å². The first kappa shape index (κ1) is 19.3. The van der Waals surface area contributed by atoms with Gasteiger partial charge in [-0.25, -0.2) is 9.59 Å². The molecule has 0 fully saturated rings. The van der Waals surface area contributed by atoms with Gasteiger partial charge in [0.25, 0.3) is 0 Å². The second-order valence-corrected chi connectivity index (χ2v) is 6.64. The van der Waals surface area contributed by atoms with Crippen molar-refractivity contribution in [1.29, 1.82) is 0 Å². The molecule has 0 saturated heterocycles. The molecule has 1 aromatic carbocycles. The van der Waals surface area contributed by atoms with Gasteiger partial charge in [-0.1, -0.05) is 13.8 Å². The van der Waals surface area contributed by atoms with E-state index in [1.165, 1.54) is 0 Å². The highest BCUT2D eigenvalue weighted by Gasteiger charge is 2.24. The predicted octanol–water partition coefficient (Wildman–Crippen LogP) is 3.38. The van der Waals surface area contributed by atoms with Crippen molar-refractivity contribution in [1.82, 2.24) is 0 Å². The molecule has 0 radical (unpaired) electrons. The minimum atomic E-state index is -1.05. The molecule has 0 saturated carbocycles. The number of aliphatic carboxylic acids is 2. The second kappa shape index (κ2) is 8.75. The molecule has 0 aliphatic rings. The summed E-state index contributed by atoms with van der Waals surface area (Å²) in [6.45, 7) is 3.43. The lowest BCUT2D eigenvalue weighted by Crippen LogP contribution is -2.28. The lowest BCUT2D eigenvalue weighted by molar-refractivity contribution is -0.145. The minimum absolute atomic E-state index is 0.319. The molecule has 0 aliphatic carbocycles. The Hall–Kier alpha value is -0.780. The lowest BCUT2D eigenvalue weighted by Gasteiger charge is -2.19. The second-order valence-electron chi connectivity index (χ2n) is 4.39. The molecule has 0 amide bonds. The molecule has 122 valence electrons. The van der Waals surface area contributed by atoms with Crippen LogP contribution in [-0.2, 0) is 9.59 Å². The molecule has 2 atom stereocenters. The fraction of sp³-hybridized carbons (Fsp3) is 0.429. The standard InChI is InChI=1S/C14H16I2O6/c1-3-8(13(17)18)21-10-6-5-7(15)12(11(10)16)22-9(4-2)14(19)20/h5-6,8-9H,3-4H2,1-2H3,(H,17,18)(H,19,20). The van der Waals surface area contributed by atoms with E-state index in [2.05, 4.69) is 0 Å². The monoisotopic (exact) mass is 534 g/mol. The van der Waals surface area contributed by atoms with Crippen LogP contribution < -0.4 is 9.47 Å². The molecule has 0 aromatic heterocycles. The normalized spacial score (nSPS) is 13.3. The number of hydrogen-bond donors (Lipinski definition) is 2. The molecule has 0 aliphatic heterocycles. The van der Waals surface area contributed by atoms with E-state index in [9.17, 15) is 9.59 Å². The van der Waals surface area contributed by atoms with Crippen LogP contribution in [0.15, 0.2) is 12.1 Å². The molecule has 8 heteroatoms. The Balaban J connectivity index is 3.11. The number of carboxylic acid groups (broad SMARTS) is 2. The van der Waals surface area contributed by atoms with Crippen LogP contribution in [0.25, 0.3) is 0 Å². The number of rotatable bonds is 8. The van der Waals surface area contributed by atoms with Crippen LogP contribution in [0.3, 0.4) is 0 Å². The van der Waals surface area contributed by atoms with Crippen molar-refractivity contribution in [3.8, 4) is 11.5 Å². The van der Waals surface area contributed by atoms with Gasteiger partial charge in [-0.2, -0.15) is 0 Å². The molecule has 6 nitrogen and oxygen atoms in total. The first-order chi connectivity index (χ1) is 10.3. The van der Waals surface area contributed by atoms with Crippen LogP contribution in [0, 0.1) is 7.14 Å². The summed E-state index contributed by atoms with van der Waals surface area (Å²) in [6.07, 6.45) is -1.28. The van der Waals surface area contributed by atoms with Crippen LogP contribution >= 0.6 is 45.2 Å². The summed E-state index contributed by atoms with van der Waals surface area (Å²) < 4.78 is 12.3. The van der Waals surface area contributed by atoms with E-state index < -0.39 is 24.1 Å². The Kier molecular flexibility index (Phi) is 7.66. The van der Waals surface area contributed by atoms with Crippen molar-refractivity contribution in [3.63, 3.8) is 0 Å². The largest absolute Gasteiger partial charge is 0.479 e. The maximum Gasteiger partial charge on any atom is 0.344 e. The zero-order valence-corrected chi connectivity index (χ0v) is 16.3. The van der Waals surface area contributed by atoms with Crippen molar-refractivity contribution in [2.75, 3.05) is 0 Å². The van der Waals surface area contributed by atoms with Crippen molar-refractivity contribution < 1.29 is 29.3 Å². The van der Waals surface area contributed by atoms with Gasteiger partial charge in [0.1, 0.15) is 5.75 Å². The van der Waals surface area contributed by atoms with Gasteiger partial charge in [0.15, 0.2) is 18.0 Å². The number of halogens is 2. The molecule has 22 heavy (non-hydrogen) atoms. The number of carbonyl (C=O) groups is 2. The van der Waals surface area contributed by atoms with Crippen molar-refractivity contribution in [2.24, 2.45) is 0 Å². The van der Waals surface area contributed by atoms with E-state index in [-0.39, 0.29) is 0 Å². The molecule has 2 unspecified atom stereocenters. The third-order valence-electron chi connectivity index (χ3n) is 2.84. The van der Waals surface area contributed by atoms with Crippen LogP contribution in [0.4, 0.5) is 0 Å². The quantitative estimate of drug-likeness (QED) is 0.498. The molecule has 0 heterocycles. The number of carboxylic acids is 2. The van der Waals surface area contributed by atoms with Gasteiger partial charge < -0.3 is 19.7 Å². The van der Waals surface area contributed by atoms with E-state index in [1.807, 2.05) is 45.2 Å². The van der Waals surface area contributed by atoms with Gasteiger partial charge >= 0.3 is 11.9 Å². The zero-order valence-electron chi connectivity index (χ0n) is 12.0. The Morgan fingerprint density at radius 2 is 1.55 bits per heavy atom. The summed E-state index contributed by atoms with van der Waals surface area (Å²) in [5, 5.41) is 18.2. The van der Waals surface area contributed by atoms with Crippen LogP contribution in [0.5, 0.6) is 11.5 Å². The van der Waals surface area contributed by atoms with E-state index in [1.54, 1.807) is 26.0 Å². The Morgan fingerprint density at radius 3 is 2.00 bits per heavy atom. The van der Waals surface area contributed by atoms with Crippen molar-refractivity contribution >= 4 is 57.1 Å². The average molecular weight is 534 g/mol. The SMILES string of the molecule is CCC(Oc1ccc(I)c(OC(CC)C(=O)O)c1I)C(=O)O. The highest BCUT2D eigenvalue weighted by Crippen LogP contribution is 2.36. The first-order valence-corrected chi connectivity index (χ1v) is 8.74. The first-order valence-electron chi connectivity index (χ1n) is 6.58. The molecule has 0 spiro atoms. The van der Waals surface area contributed by atoms with E-state index in [0.29, 0.717) is 27.9 Å². The average Bonchev–Trinajstić information content (AvgIpc) is 2.46. The number of hydrogen-bond acceptors (Lipinski definition) is 4. The maximum absolute atomic E-state index is 11.1. The van der Waals surface area contributed by atoms with Gasteiger partial charge in [0.05, 0.1) is 7.14 Å². The minimum Gasteiger partial charge on any atom is -0.479 e. The third kappa shape index (κ3) is 4.86. The topological polar surface area (TPSA) is 93.1 Å². The fourth-order valence-corrected chi connectivity index (χ4v) is 3.44. The summed E-state index contributed by atoms with van der Waals surface area (Å²) in [6, 6.07) is 3.36. The smallest absolute Gasteiger partial charge is 0.344 e. The van der Waals surface area contributed by atoms with Crippen LogP contribution in [0.2, 0.25) is 0 Å². The highest BCUT2D eigenvalue weighted by molar-refractivity contribution is 14.1. The zero-order chi connectivity index (χ0) is 16.9. The van der Waals surface area contributed by atoms with Crippen LogP contribution in [-0.4, -0.2) is 34.4 Å². The molecule has 1 aromatic rings. The van der Waals surface area contributed by atoms with Gasteiger partial charge in [0.2, 0.25) is 0 Å². The molecular weight excluding hydrogens is 518 g/mol. The molecular formula is C14H16I2O6. The van der Waals surface area contributed by atoms with E-state index in [4.69, 9.17) is 19.7 Å². The van der Waals surface area contributed by atoms with Crippen molar-refractivity contribution in [3.05, 3.63) is 19.3 Å². The summed E-state index contributed by atoms with van der Waals surface area (Å²) in [5.41, 5.74) is 0. The summed E-state index contributed by atoms with van der Waals surface area (Å²) in [4.78, 5) is 22.2. The molecule has 2 N–H and O–H groups in total. The number of benzene rings is 1. The Labute approximate surface area is 155 Å². The predicted molar refractivity (Wildman–Crippen MR) is 96.6 cm³/mol. The summed E-state index contributed by atoms with van der Waals surface area (Å²) in [5.74, 6) is -1.33. The summed E-state index contributed by atoms with van der Waals surface area (Å²) in [7, 11) is 0. The lowest BCUT2D eigenvalue weighted by atomic mass is 10.2. The maximum atomic E-state index is 11.1. The Bertz CT molecular complexity index is 561. The highest BCUT2D eigenvalue weighted by atomic mass is 127. The molecule has 0 bridgehead atoms. The summed E-state index contributed by atoms with van der Waals surface area (Å²) >= 11 is 4.01. The fourth-order valence-electron chi connectivity index (χ4n) is 1.63. The molecule has 1 rings (SSSR count). The van der Waals surface area contributed by atoms with E-state index >= 15 is 0 Å². The van der Waals surface area contributed by atoms with Crippen molar-refractivity contribution in [2.45, 2.75) is 38.9 Å². The number of ether oxygens (including phenoxy) is 2. The van der Waals surface area contributed by atoms with Gasteiger partial charge in [-0.15, -0.1) is 0 Å². The van der Waals surface area contributed by atoms with E-state index in [0.717, 1.165) is 3.57 Å². The van der Waals surface area contributed by atoms with Gasteiger partial charge in [-0.05, 0) is 70.2 Å². The van der Waals surface area contributed by atoms with Gasteiger partial charge in [0, 0.05) is 0 Å². The third-order valence-corrected chi connectivity index (χ3v) is 4.71. The Morgan fingerprint density at radius 1 is 1.05 bits per heavy atom. The van der Waals surface area contributed by atoms with Crippen LogP contribution in [0.1, 0.15) is 26.7 Å².